The van der Waals surface area contributed by atoms with E-state index in [1.807, 2.05) is 13.0 Å². The highest BCUT2D eigenvalue weighted by Crippen LogP contribution is 2.19. The summed E-state index contributed by atoms with van der Waals surface area (Å²) in [7, 11) is 1.51. The minimum Gasteiger partial charge on any atom is -0.491 e. The Morgan fingerprint density at radius 1 is 1.23 bits per heavy atom. The van der Waals surface area contributed by atoms with E-state index in [1.165, 1.54) is 19.2 Å². The fraction of sp³-hybridized carbons (Fsp3) is 0.471. The van der Waals surface area contributed by atoms with Gasteiger partial charge in [-0.3, -0.25) is 0 Å². The summed E-state index contributed by atoms with van der Waals surface area (Å²) in [6, 6.07) is 4.08. The van der Waals surface area contributed by atoms with Gasteiger partial charge in [-0.25, -0.2) is 9.18 Å². The van der Waals surface area contributed by atoms with E-state index in [1.54, 1.807) is 0 Å². The number of ether oxygens (including phenoxy) is 3. The van der Waals surface area contributed by atoms with Crippen LogP contribution in [-0.2, 0) is 9.47 Å². The number of halogens is 1. The van der Waals surface area contributed by atoms with Crippen molar-refractivity contribution in [3.63, 3.8) is 0 Å². The monoisotopic (exact) mass is 310 g/mol. The molecule has 0 aliphatic carbocycles. The summed E-state index contributed by atoms with van der Waals surface area (Å²) in [6.07, 6.45) is 6.94. The molecule has 0 unspecified atom stereocenters. The topological polar surface area (TPSA) is 44.8 Å². The normalized spacial score (nSPS) is 10.9. The molecular formula is C17H23FO4. The molecule has 0 fully saturated rings. The van der Waals surface area contributed by atoms with Crippen LogP contribution in [0.25, 0.3) is 0 Å². The average molecular weight is 310 g/mol. The third-order valence-corrected chi connectivity index (χ3v) is 2.95. The van der Waals surface area contributed by atoms with E-state index < -0.39 is 11.8 Å². The molecule has 0 saturated carbocycles. The number of carbonyl (C=O) groups excluding carboxylic acids is 1. The van der Waals surface area contributed by atoms with Crippen molar-refractivity contribution in [3.05, 3.63) is 41.7 Å². The molecule has 0 heterocycles. The van der Waals surface area contributed by atoms with E-state index in [-0.39, 0.29) is 17.9 Å². The first-order chi connectivity index (χ1) is 10.7. The number of allylic oxidation sites excluding steroid dienone is 2. The van der Waals surface area contributed by atoms with Gasteiger partial charge in [-0.05, 0) is 44.4 Å². The van der Waals surface area contributed by atoms with Crippen molar-refractivity contribution in [2.45, 2.75) is 26.2 Å². The molecule has 0 aliphatic heterocycles. The van der Waals surface area contributed by atoms with Gasteiger partial charge in [0.15, 0.2) is 11.6 Å². The molecule has 0 spiro atoms. The summed E-state index contributed by atoms with van der Waals surface area (Å²) < 4.78 is 28.9. The van der Waals surface area contributed by atoms with Gasteiger partial charge in [0.2, 0.25) is 0 Å². The van der Waals surface area contributed by atoms with Gasteiger partial charge in [-0.15, -0.1) is 0 Å². The number of esters is 1. The van der Waals surface area contributed by atoms with Crippen LogP contribution in [0.1, 0.15) is 36.5 Å². The lowest BCUT2D eigenvalue weighted by Gasteiger charge is -2.08. The smallest absolute Gasteiger partial charge is 0.338 e. The first kappa shape index (κ1) is 18.2. The van der Waals surface area contributed by atoms with E-state index in [0.29, 0.717) is 13.2 Å². The van der Waals surface area contributed by atoms with Gasteiger partial charge in [0, 0.05) is 7.11 Å². The van der Waals surface area contributed by atoms with Crippen LogP contribution >= 0.6 is 0 Å². The van der Waals surface area contributed by atoms with Crippen molar-refractivity contribution in [1.29, 1.82) is 0 Å². The van der Waals surface area contributed by atoms with E-state index in [4.69, 9.17) is 14.2 Å². The molecule has 0 bridgehead atoms. The van der Waals surface area contributed by atoms with Crippen LogP contribution in [0.3, 0.4) is 0 Å². The van der Waals surface area contributed by atoms with E-state index >= 15 is 0 Å². The summed E-state index contributed by atoms with van der Waals surface area (Å²) in [5, 5.41) is 0. The van der Waals surface area contributed by atoms with Gasteiger partial charge in [0.1, 0.15) is 6.61 Å². The van der Waals surface area contributed by atoms with Crippen LogP contribution in [0.4, 0.5) is 4.39 Å². The SMILES string of the molecule is C/C=C/CCCCOc1ccc(C(=O)OCCOC)cc1F. The quantitative estimate of drug-likeness (QED) is 0.375. The highest BCUT2D eigenvalue weighted by atomic mass is 19.1. The Hall–Kier alpha value is -1.88. The Morgan fingerprint density at radius 3 is 2.73 bits per heavy atom. The van der Waals surface area contributed by atoms with Gasteiger partial charge >= 0.3 is 5.97 Å². The zero-order valence-electron chi connectivity index (χ0n) is 13.1. The Labute approximate surface area is 130 Å². The number of carbonyl (C=O) groups is 1. The summed E-state index contributed by atoms with van der Waals surface area (Å²) in [5.41, 5.74) is 0.161. The Morgan fingerprint density at radius 2 is 2.05 bits per heavy atom. The lowest BCUT2D eigenvalue weighted by molar-refractivity contribution is 0.0387. The molecule has 122 valence electrons. The fourth-order valence-electron chi connectivity index (χ4n) is 1.76. The molecule has 0 saturated heterocycles. The Kier molecular flexibility index (Phi) is 8.91. The molecule has 1 aromatic carbocycles. The predicted molar refractivity (Wildman–Crippen MR) is 82.7 cm³/mol. The average Bonchev–Trinajstić information content (AvgIpc) is 2.52. The third-order valence-electron chi connectivity index (χ3n) is 2.95. The van der Waals surface area contributed by atoms with Crippen LogP contribution in [0.15, 0.2) is 30.4 Å². The number of benzene rings is 1. The highest BCUT2D eigenvalue weighted by molar-refractivity contribution is 5.89. The second-order valence-corrected chi connectivity index (χ2v) is 4.69. The maximum Gasteiger partial charge on any atom is 0.338 e. The summed E-state index contributed by atoms with van der Waals surface area (Å²) >= 11 is 0. The fourth-order valence-corrected chi connectivity index (χ4v) is 1.76. The van der Waals surface area contributed by atoms with Crippen molar-refractivity contribution in [2.24, 2.45) is 0 Å². The van der Waals surface area contributed by atoms with Crippen molar-refractivity contribution in [3.8, 4) is 5.75 Å². The van der Waals surface area contributed by atoms with Gasteiger partial charge in [-0.1, -0.05) is 12.2 Å². The van der Waals surface area contributed by atoms with Gasteiger partial charge < -0.3 is 14.2 Å². The molecule has 1 aromatic rings. The standard InChI is InChI=1S/C17H23FO4/c1-3-4-5-6-7-10-21-16-9-8-14(13-15(16)18)17(19)22-12-11-20-2/h3-4,8-9,13H,5-7,10-12H2,1-2H3/b4-3+. The molecule has 22 heavy (non-hydrogen) atoms. The van der Waals surface area contributed by atoms with Crippen LogP contribution < -0.4 is 4.74 Å². The molecule has 5 heteroatoms. The molecule has 0 amide bonds. The maximum atomic E-state index is 13.9. The highest BCUT2D eigenvalue weighted by Gasteiger charge is 2.11. The van der Waals surface area contributed by atoms with Crippen LogP contribution in [0, 0.1) is 5.82 Å². The Balaban J connectivity index is 2.42. The van der Waals surface area contributed by atoms with Crippen molar-refractivity contribution in [2.75, 3.05) is 26.9 Å². The van der Waals surface area contributed by atoms with Crippen LogP contribution in [0.2, 0.25) is 0 Å². The first-order valence-electron chi connectivity index (χ1n) is 7.38. The minimum atomic E-state index is -0.575. The molecular weight excluding hydrogens is 287 g/mol. The van der Waals surface area contributed by atoms with Crippen LogP contribution in [0.5, 0.6) is 5.75 Å². The Bertz CT molecular complexity index is 486. The molecule has 1 rings (SSSR count). The minimum absolute atomic E-state index is 0.140. The predicted octanol–water partition coefficient (Wildman–Crippen LogP) is 3.75. The lowest BCUT2D eigenvalue weighted by Crippen LogP contribution is -2.10. The molecule has 0 aliphatic rings. The second kappa shape index (κ2) is 10.8. The summed E-state index contributed by atoms with van der Waals surface area (Å²) in [5.74, 6) is -0.983. The number of unbranched alkanes of at least 4 members (excludes halogenated alkanes) is 2. The van der Waals surface area contributed by atoms with E-state index in [0.717, 1.165) is 25.3 Å². The number of hydrogen-bond donors (Lipinski definition) is 0. The zero-order chi connectivity index (χ0) is 16.2. The summed E-state index contributed by atoms with van der Waals surface area (Å²) in [4.78, 5) is 11.7. The second-order valence-electron chi connectivity index (χ2n) is 4.69. The van der Waals surface area contributed by atoms with Crippen molar-refractivity contribution in [1.82, 2.24) is 0 Å². The molecule has 0 aromatic heterocycles. The molecule has 4 nitrogen and oxygen atoms in total. The number of methoxy groups -OCH3 is 1. The van der Waals surface area contributed by atoms with Gasteiger partial charge in [0.25, 0.3) is 0 Å². The lowest BCUT2D eigenvalue weighted by atomic mass is 10.2. The van der Waals surface area contributed by atoms with Gasteiger partial charge in [0.05, 0.1) is 18.8 Å². The number of rotatable bonds is 10. The van der Waals surface area contributed by atoms with Crippen molar-refractivity contribution < 1.29 is 23.4 Å². The largest absolute Gasteiger partial charge is 0.491 e. The first-order valence-corrected chi connectivity index (χ1v) is 7.38. The molecule has 0 atom stereocenters. The zero-order valence-corrected chi connectivity index (χ0v) is 13.1. The van der Waals surface area contributed by atoms with Gasteiger partial charge in [-0.2, -0.15) is 0 Å². The number of hydrogen-bond acceptors (Lipinski definition) is 4. The maximum absolute atomic E-state index is 13.9. The van der Waals surface area contributed by atoms with E-state index in [9.17, 15) is 9.18 Å². The molecule has 0 radical (unpaired) electrons. The van der Waals surface area contributed by atoms with Crippen molar-refractivity contribution >= 4 is 5.97 Å². The molecule has 0 N–H and O–H groups in total. The van der Waals surface area contributed by atoms with E-state index in [2.05, 4.69) is 6.08 Å². The van der Waals surface area contributed by atoms with Crippen LogP contribution in [-0.4, -0.2) is 32.9 Å². The summed E-state index contributed by atoms with van der Waals surface area (Å²) in [6.45, 7) is 2.88. The third kappa shape index (κ3) is 6.72.